The summed E-state index contributed by atoms with van der Waals surface area (Å²) in [4.78, 5) is 23.4. The molecule has 0 saturated heterocycles. The van der Waals surface area contributed by atoms with Crippen LogP contribution < -0.4 is 10.2 Å². The zero-order valence-corrected chi connectivity index (χ0v) is 18.0. The van der Waals surface area contributed by atoms with E-state index in [1.165, 1.54) is 9.79 Å². The maximum atomic E-state index is 9.85. The van der Waals surface area contributed by atoms with Crippen molar-refractivity contribution in [2.24, 2.45) is 0 Å². The number of carbonyl (C=O) groups excluding carboxylic acids is 2. The fraction of sp³-hybridized carbons (Fsp3) is 0.182. The summed E-state index contributed by atoms with van der Waals surface area (Å²) in [6, 6.07) is 11.6. The van der Waals surface area contributed by atoms with Gasteiger partial charge in [0, 0.05) is 21.4 Å². The Bertz CT molecular complexity index is 932. The lowest BCUT2D eigenvalue weighted by atomic mass is 9.96. The molecule has 0 aromatic heterocycles. The van der Waals surface area contributed by atoms with Crippen LogP contribution in [0.15, 0.2) is 64.4 Å². The summed E-state index contributed by atoms with van der Waals surface area (Å²) in [6.45, 7) is 0.987. The number of carboxylic acid groups (broad SMARTS) is 2. The van der Waals surface area contributed by atoms with Gasteiger partial charge in [-0.15, -0.1) is 0 Å². The van der Waals surface area contributed by atoms with E-state index < -0.39 is 11.9 Å². The van der Waals surface area contributed by atoms with Crippen molar-refractivity contribution in [1.29, 1.82) is 0 Å². The lowest BCUT2D eigenvalue weighted by Gasteiger charge is -2.23. The number of fused-ring (bicyclic) bond motifs is 2. The SMILES string of the molecule is CN(C)CCC=C1c2cc(O)ccc2Sc2ccc(Cl)cc21.O=C([O-])C=CC(=O)[O-]. The van der Waals surface area contributed by atoms with E-state index in [0.29, 0.717) is 17.9 Å². The van der Waals surface area contributed by atoms with Crippen molar-refractivity contribution in [2.75, 3.05) is 20.6 Å². The number of carbonyl (C=O) groups is 2. The third-order valence-electron chi connectivity index (χ3n) is 3.99. The Balaban J connectivity index is 0.000000343. The Morgan fingerprint density at radius 1 is 1.03 bits per heavy atom. The number of aromatic hydroxyl groups is 1. The highest BCUT2D eigenvalue weighted by atomic mass is 35.5. The molecule has 30 heavy (non-hydrogen) atoms. The quantitative estimate of drug-likeness (QED) is 0.598. The Morgan fingerprint density at radius 2 is 1.60 bits per heavy atom. The van der Waals surface area contributed by atoms with E-state index >= 15 is 0 Å². The predicted molar refractivity (Wildman–Crippen MR) is 113 cm³/mol. The molecule has 0 atom stereocenters. The summed E-state index contributed by atoms with van der Waals surface area (Å²) in [5.41, 5.74) is 3.39. The molecule has 0 radical (unpaired) electrons. The molecule has 1 aliphatic rings. The lowest BCUT2D eigenvalue weighted by Crippen LogP contribution is -2.23. The summed E-state index contributed by atoms with van der Waals surface area (Å²) in [6.07, 6.45) is 3.96. The average Bonchev–Trinajstić information content (AvgIpc) is 2.67. The number of phenolic OH excluding ortho intramolecular Hbond substituents is 1. The van der Waals surface area contributed by atoms with Crippen LogP contribution in [0.3, 0.4) is 0 Å². The third-order valence-corrected chi connectivity index (χ3v) is 5.37. The van der Waals surface area contributed by atoms with E-state index in [-0.39, 0.29) is 0 Å². The van der Waals surface area contributed by atoms with Crippen LogP contribution in [0.4, 0.5) is 0 Å². The molecule has 0 aliphatic carbocycles. The third kappa shape index (κ3) is 6.95. The predicted octanol–water partition coefficient (Wildman–Crippen LogP) is 1.94. The topological polar surface area (TPSA) is 104 Å². The van der Waals surface area contributed by atoms with Crippen LogP contribution in [0.2, 0.25) is 5.02 Å². The highest BCUT2D eigenvalue weighted by Gasteiger charge is 2.21. The van der Waals surface area contributed by atoms with Crippen LogP contribution in [0, 0.1) is 0 Å². The molecule has 0 amide bonds. The zero-order chi connectivity index (χ0) is 22.3. The van der Waals surface area contributed by atoms with Crippen molar-refractivity contribution in [3.8, 4) is 5.75 Å². The van der Waals surface area contributed by atoms with E-state index in [9.17, 15) is 24.9 Å². The second-order valence-electron chi connectivity index (χ2n) is 6.60. The first-order valence-electron chi connectivity index (χ1n) is 8.93. The largest absolute Gasteiger partial charge is 0.545 e. The highest BCUT2D eigenvalue weighted by molar-refractivity contribution is 7.99. The first-order valence-corrected chi connectivity index (χ1v) is 10.1. The van der Waals surface area contributed by atoms with Gasteiger partial charge in [0.2, 0.25) is 0 Å². The van der Waals surface area contributed by atoms with Crippen molar-refractivity contribution < 1.29 is 24.9 Å². The van der Waals surface area contributed by atoms with Crippen LogP contribution in [0.25, 0.3) is 5.57 Å². The number of carboxylic acids is 2. The Kier molecular flexibility index (Phi) is 8.53. The molecule has 0 spiro atoms. The first kappa shape index (κ1) is 23.5. The molecule has 1 heterocycles. The summed E-state index contributed by atoms with van der Waals surface area (Å²) >= 11 is 7.91. The van der Waals surface area contributed by atoms with E-state index in [0.717, 1.165) is 34.7 Å². The first-order chi connectivity index (χ1) is 14.2. The molecule has 0 fully saturated rings. The minimum Gasteiger partial charge on any atom is -0.545 e. The monoisotopic (exact) mass is 445 g/mol. The van der Waals surface area contributed by atoms with E-state index in [1.807, 2.05) is 24.3 Å². The van der Waals surface area contributed by atoms with Gasteiger partial charge in [-0.3, -0.25) is 0 Å². The number of hydrogen-bond acceptors (Lipinski definition) is 7. The number of hydrogen-bond donors (Lipinski definition) is 1. The van der Waals surface area contributed by atoms with Crippen molar-refractivity contribution in [2.45, 2.75) is 16.2 Å². The smallest absolute Gasteiger partial charge is 0.116 e. The fourth-order valence-electron chi connectivity index (χ4n) is 2.71. The summed E-state index contributed by atoms with van der Waals surface area (Å²) in [7, 11) is 4.14. The van der Waals surface area contributed by atoms with Crippen LogP contribution >= 0.6 is 23.4 Å². The van der Waals surface area contributed by atoms with Crippen LogP contribution in [-0.4, -0.2) is 42.6 Å². The van der Waals surface area contributed by atoms with Gasteiger partial charge in [-0.05, 0) is 85.8 Å². The van der Waals surface area contributed by atoms with E-state index in [1.54, 1.807) is 17.8 Å². The van der Waals surface area contributed by atoms with Crippen LogP contribution in [-0.2, 0) is 9.59 Å². The van der Waals surface area contributed by atoms with Gasteiger partial charge in [0.15, 0.2) is 0 Å². The fourth-order valence-corrected chi connectivity index (χ4v) is 3.94. The second-order valence-corrected chi connectivity index (χ2v) is 8.12. The summed E-state index contributed by atoms with van der Waals surface area (Å²) in [5.74, 6) is -2.80. The molecule has 2 aromatic rings. The highest BCUT2D eigenvalue weighted by Crippen LogP contribution is 2.47. The van der Waals surface area contributed by atoms with Gasteiger partial charge in [0.05, 0.1) is 11.9 Å². The molecule has 1 N–H and O–H groups in total. The molecule has 6 nitrogen and oxygen atoms in total. The zero-order valence-electron chi connectivity index (χ0n) is 16.4. The molecule has 0 saturated carbocycles. The van der Waals surface area contributed by atoms with Gasteiger partial charge in [0.1, 0.15) is 5.75 Å². The van der Waals surface area contributed by atoms with Gasteiger partial charge < -0.3 is 29.8 Å². The number of phenols is 1. The molecule has 0 bridgehead atoms. The summed E-state index contributed by atoms with van der Waals surface area (Å²) < 4.78 is 0. The molecule has 8 heteroatoms. The Morgan fingerprint density at radius 3 is 2.17 bits per heavy atom. The maximum absolute atomic E-state index is 9.85. The average molecular weight is 446 g/mol. The second kappa shape index (κ2) is 10.9. The van der Waals surface area contributed by atoms with Crippen molar-refractivity contribution >= 4 is 40.9 Å². The number of aliphatic carboxylic acids is 2. The molecule has 158 valence electrons. The number of benzene rings is 2. The van der Waals surface area contributed by atoms with Crippen LogP contribution in [0.5, 0.6) is 5.75 Å². The lowest BCUT2D eigenvalue weighted by molar-refractivity contribution is -0.301. The molecule has 2 aromatic carbocycles. The van der Waals surface area contributed by atoms with Crippen molar-refractivity contribution in [3.63, 3.8) is 0 Å². The van der Waals surface area contributed by atoms with Crippen molar-refractivity contribution in [1.82, 2.24) is 4.90 Å². The van der Waals surface area contributed by atoms with Gasteiger partial charge in [-0.25, -0.2) is 0 Å². The van der Waals surface area contributed by atoms with Gasteiger partial charge in [-0.2, -0.15) is 0 Å². The van der Waals surface area contributed by atoms with E-state index in [2.05, 4.69) is 31.1 Å². The van der Waals surface area contributed by atoms with Gasteiger partial charge >= 0.3 is 0 Å². The van der Waals surface area contributed by atoms with Gasteiger partial charge in [0.25, 0.3) is 0 Å². The molecule has 3 rings (SSSR count). The maximum Gasteiger partial charge on any atom is 0.116 e. The standard InChI is InChI=1S/C18H18ClNOS.C4H4O4/c1-20(2)9-3-4-14-15-10-12(19)5-7-17(15)22-18-8-6-13(21)11-16(14)18;5-3(6)1-2-4(7)8/h4-8,10-11,21H,3,9H2,1-2H3;1-2H,(H,5,6)(H,7,8)/p-2. The number of rotatable bonds is 5. The molecular formula is C22H20ClNO5S-2. The van der Waals surface area contributed by atoms with Crippen molar-refractivity contribution in [3.05, 3.63) is 70.8 Å². The summed E-state index contributed by atoms with van der Waals surface area (Å²) in [5, 5.41) is 29.4. The van der Waals surface area contributed by atoms with E-state index in [4.69, 9.17) is 11.6 Å². The molecular weight excluding hydrogens is 426 g/mol. The molecule has 1 aliphatic heterocycles. The van der Waals surface area contributed by atoms with Crippen LogP contribution in [0.1, 0.15) is 17.5 Å². The minimum atomic E-state index is -1.55. The normalized spacial score (nSPS) is 13.5. The minimum absolute atomic E-state index is 0.295. The Labute approximate surface area is 184 Å². The number of nitrogens with zero attached hydrogens (tertiary/aromatic N) is 1. The molecule has 0 unspecified atom stereocenters. The Hall–Kier alpha value is -2.74. The number of halogens is 1. The van der Waals surface area contributed by atoms with Gasteiger partial charge in [-0.1, -0.05) is 29.4 Å².